The molecule has 6 heteroatoms. The molecule has 1 aliphatic carbocycles. The van der Waals surface area contributed by atoms with E-state index in [1.807, 2.05) is 6.07 Å². The Morgan fingerprint density at radius 1 is 1.36 bits per heavy atom. The van der Waals surface area contributed by atoms with E-state index in [1.54, 1.807) is 17.5 Å². The number of H-pyrrole nitrogens is 1. The molecule has 22 heavy (non-hydrogen) atoms. The lowest BCUT2D eigenvalue weighted by molar-refractivity contribution is 0.0931. The van der Waals surface area contributed by atoms with E-state index in [1.165, 1.54) is 25.7 Å². The first-order valence-corrected chi connectivity index (χ1v) is 8.77. The van der Waals surface area contributed by atoms with Crippen molar-refractivity contribution in [1.82, 2.24) is 15.5 Å². The summed E-state index contributed by atoms with van der Waals surface area (Å²) in [5.41, 5.74) is 3.01. The van der Waals surface area contributed by atoms with E-state index in [4.69, 9.17) is 0 Å². The van der Waals surface area contributed by atoms with Crippen LogP contribution in [0.2, 0.25) is 0 Å². The molecule has 0 unspecified atom stereocenters. The number of aromatic nitrogens is 2. The van der Waals surface area contributed by atoms with Crippen LogP contribution in [0.15, 0.2) is 12.3 Å². The topological polar surface area (TPSA) is 69.8 Å². The molecule has 2 aromatic rings. The summed E-state index contributed by atoms with van der Waals surface area (Å²) < 4.78 is 0. The van der Waals surface area contributed by atoms with Crippen molar-refractivity contribution in [2.24, 2.45) is 0 Å². The maximum Gasteiger partial charge on any atom is 0.254 e. The van der Waals surface area contributed by atoms with E-state index in [-0.39, 0.29) is 11.9 Å². The van der Waals surface area contributed by atoms with Gasteiger partial charge in [-0.15, -0.1) is 11.3 Å². The van der Waals surface area contributed by atoms with E-state index in [0.29, 0.717) is 6.04 Å². The molecule has 1 amide bonds. The van der Waals surface area contributed by atoms with Crippen LogP contribution in [0.1, 0.15) is 48.5 Å². The van der Waals surface area contributed by atoms with Gasteiger partial charge in [0, 0.05) is 18.3 Å². The largest absolute Gasteiger partial charge is 0.374 e. The van der Waals surface area contributed by atoms with Gasteiger partial charge in [-0.2, -0.15) is 5.10 Å². The van der Waals surface area contributed by atoms with Crippen molar-refractivity contribution in [1.29, 1.82) is 0 Å². The number of carbonyl (C=O) groups is 1. The molecule has 5 nitrogen and oxygen atoms in total. The molecule has 4 rings (SSSR count). The van der Waals surface area contributed by atoms with Crippen molar-refractivity contribution in [3.05, 3.63) is 23.4 Å². The Balaban J connectivity index is 1.78. The van der Waals surface area contributed by atoms with E-state index in [2.05, 4.69) is 27.8 Å². The summed E-state index contributed by atoms with van der Waals surface area (Å²) in [7, 11) is 0. The molecule has 0 bridgehead atoms. The number of hydrogen-bond acceptors (Lipinski definition) is 4. The van der Waals surface area contributed by atoms with Crippen molar-refractivity contribution < 1.29 is 4.79 Å². The number of aromatic amines is 1. The number of carbonyl (C=O) groups excluding carboxylic acids is 1. The second-order valence-corrected chi connectivity index (χ2v) is 7.31. The first kappa shape index (κ1) is 13.8. The minimum Gasteiger partial charge on any atom is -0.374 e. The highest BCUT2D eigenvalue weighted by Gasteiger charge is 2.31. The smallest absolute Gasteiger partial charge is 0.254 e. The van der Waals surface area contributed by atoms with Crippen molar-refractivity contribution in [2.45, 2.75) is 51.1 Å². The van der Waals surface area contributed by atoms with Gasteiger partial charge in [0.2, 0.25) is 0 Å². The third-order valence-corrected chi connectivity index (χ3v) is 5.75. The molecule has 2 aliphatic rings. The molecule has 1 aliphatic heterocycles. The third-order valence-electron chi connectivity index (χ3n) is 4.56. The molecule has 1 saturated carbocycles. The summed E-state index contributed by atoms with van der Waals surface area (Å²) in [5.74, 6) is 0.0521. The second-order valence-electron chi connectivity index (χ2n) is 6.29. The summed E-state index contributed by atoms with van der Waals surface area (Å²) >= 11 is 1.68. The molecule has 2 aromatic heterocycles. The summed E-state index contributed by atoms with van der Waals surface area (Å²) in [6.07, 6.45) is 7.59. The zero-order valence-electron chi connectivity index (χ0n) is 12.6. The van der Waals surface area contributed by atoms with Gasteiger partial charge in [-0.25, -0.2) is 0 Å². The molecule has 0 radical (unpaired) electrons. The van der Waals surface area contributed by atoms with Crippen LogP contribution < -0.4 is 10.6 Å². The summed E-state index contributed by atoms with van der Waals surface area (Å²) in [6, 6.07) is 2.66. The third kappa shape index (κ3) is 2.31. The van der Waals surface area contributed by atoms with Gasteiger partial charge in [0.25, 0.3) is 5.91 Å². The maximum atomic E-state index is 12.5. The van der Waals surface area contributed by atoms with Crippen LogP contribution in [0.4, 0.5) is 5.00 Å². The highest BCUT2D eigenvalue weighted by Crippen LogP contribution is 2.42. The number of anilines is 1. The number of hydrogen-bond donors (Lipinski definition) is 3. The molecule has 1 atom stereocenters. The number of amides is 1. The van der Waals surface area contributed by atoms with Gasteiger partial charge in [0.15, 0.2) is 0 Å². The summed E-state index contributed by atoms with van der Waals surface area (Å²) in [4.78, 5) is 13.7. The fourth-order valence-corrected chi connectivity index (χ4v) is 4.79. The van der Waals surface area contributed by atoms with Gasteiger partial charge in [0.05, 0.1) is 16.1 Å². The van der Waals surface area contributed by atoms with Crippen LogP contribution in [-0.4, -0.2) is 28.2 Å². The fraction of sp³-hybridized carbons (Fsp3) is 0.500. The first-order valence-electron chi connectivity index (χ1n) is 7.95. The van der Waals surface area contributed by atoms with Crippen LogP contribution in [-0.2, 0) is 6.42 Å². The predicted octanol–water partition coefficient (Wildman–Crippen LogP) is 3.17. The van der Waals surface area contributed by atoms with Crippen LogP contribution >= 0.6 is 11.3 Å². The lowest BCUT2D eigenvalue weighted by Gasteiger charge is -2.22. The number of nitrogens with one attached hydrogen (secondary N) is 3. The van der Waals surface area contributed by atoms with Crippen LogP contribution in [0, 0.1) is 0 Å². The Bertz CT molecular complexity index is 685. The zero-order valence-corrected chi connectivity index (χ0v) is 13.4. The van der Waals surface area contributed by atoms with E-state index in [9.17, 15) is 4.79 Å². The number of rotatable bonds is 3. The Hall–Kier alpha value is -1.82. The number of fused-ring (bicyclic) bond motifs is 1. The Morgan fingerprint density at radius 2 is 2.18 bits per heavy atom. The lowest BCUT2D eigenvalue weighted by Crippen LogP contribution is -2.39. The molecule has 0 aromatic carbocycles. The predicted molar refractivity (Wildman–Crippen MR) is 88.4 cm³/mol. The van der Waals surface area contributed by atoms with Gasteiger partial charge in [-0.05, 0) is 37.8 Å². The van der Waals surface area contributed by atoms with Crippen LogP contribution in [0.25, 0.3) is 10.6 Å². The van der Waals surface area contributed by atoms with Gasteiger partial charge < -0.3 is 10.6 Å². The minimum atomic E-state index is 0.0521. The Kier molecular flexibility index (Phi) is 3.41. The molecule has 0 spiro atoms. The number of thiophene rings is 1. The Morgan fingerprint density at radius 3 is 2.91 bits per heavy atom. The summed E-state index contributed by atoms with van der Waals surface area (Å²) in [5, 5.41) is 14.8. The monoisotopic (exact) mass is 316 g/mol. The van der Waals surface area contributed by atoms with Gasteiger partial charge in [-0.1, -0.05) is 12.8 Å². The van der Waals surface area contributed by atoms with Crippen molar-refractivity contribution in [2.75, 3.05) is 5.32 Å². The average Bonchev–Trinajstić information content (AvgIpc) is 3.19. The Labute approximate surface area is 133 Å². The minimum absolute atomic E-state index is 0.0521. The first-order chi connectivity index (χ1) is 10.7. The molecule has 116 valence electrons. The van der Waals surface area contributed by atoms with E-state index < -0.39 is 0 Å². The highest BCUT2D eigenvalue weighted by atomic mass is 32.1. The standard InChI is InChI=1S/C16H20N4OS/c1-9-8-11-13(15(21)18-9)16(19-10-4-2-3-5-10)22-14(11)12-6-7-17-20-12/h6-7,9-10,19H,2-5,8H2,1H3,(H,17,20)(H,18,21)/t9-/m0/s1. The quantitative estimate of drug-likeness (QED) is 0.814. The SMILES string of the molecule is C[C@H]1Cc2c(-c3ccn[nH]3)sc(NC3CCCC3)c2C(=O)N1. The molecular formula is C16H20N4OS. The molecule has 3 heterocycles. The molecule has 3 N–H and O–H groups in total. The van der Waals surface area contributed by atoms with E-state index in [0.717, 1.165) is 33.1 Å². The fourth-order valence-electron chi connectivity index (χ4n) is 3.51. The molecular weight excluding hydrogens is 296 g/mol. The highest BCUT2D eigenvalue weighted by molar-refractivity contribution is 7.20. The van der Waals surface area contributed by atoms with Gasteiger partial charge >= 0.3 is 0 Å². The van der Waals surface area contributed by atoms with Crippen LogP contribution in [0.5, 0.6) is 0 Å². The van der Waals surface area contributed by atoms with Gasteiger partial charge in [0.1, 0.15) is 5.00 Å². The van der Waals surface area contributed by atoms with E-state index >= 15 is 0 Å². The normalized spacial score (nSPS) is 21.7. The maximum absolute atomic E-state index is 12.5. The zero-order chi connectivity index (χ0) is 15.1. The molecule has 1 fully saturated rings. The number of nitrogens with zero attached hydrogens (tertiary/aromatic N) is 1. The van der Waals surface area contributed by atoms with Crippen LogP contribution in [0.3, 0.4) is 0 Å². The summed E-state index contributed by atoms with van der Waals surface area (Å²) in [6.45, 7) is 2.05. The molecule has 0 saturated heterocycles. The van der Waals surface area contributed by atoms with Gasteiger partial charge in [-0.3, -0.25) is 9.89 Å². The van der Waals surface area contributed by atoms with Crippen molar-refractivity contribution in [3.8, 4) is 10.6 Å². The van der Waals surface area contributed by atoms with Crippen molar-refractivity contribution in [3.63, 3.8) is 0 Å². The average molecular weight is 316 g/mol. The van der Waals surface area contributed by atoms with Crippen molar-refractivity contribution >= 4 is 22.2 Å². The second kappa shape index (κ2) is 5.43. The lowest BCUT2D eigenvalue weighted by atomic mass is 9.96.